The van der Waals surface area contributed by atoms with E-state index in [0.29, 0.717) is 5.82 Å². The summed E-state index contributed by atoms with van der Waals surface area (Å²) in [7, 11) is 0. The number of alkyl halides is 2. The van der Waals surface area contributed by atoms with Gasteiger partial charge < -0.3 is 15.6 Å². The van der Waals surface area contributed by atoms with Crippen molar-refractivity contribution in [1.82, 2.24) is 14.9 Å². The number of nitrogens with one attached hydrogen (secondary N) is 1. The molecule has 1 aromatic carbocycles. The highest BCUT2D eigenvalue weighted by Crippen LogP contribution is 2.15. The average molecular weight is 355 g/mol. The maximum Gasteiger partial charge on any atom is 0.277 e. The first-order chi connectivity index (χ1) is 9.43. The molecular formula is C13H18Cl2F2N4O. The van der Waals surface area contributed by atoms with E-state index >= 15 is 0 Å². The second-order valence-corrected chi connectivity index (χ2v) is 4.57. The van der Waals surface area contributed by atoms with Gasteiger partial charge in [0.05, 0.1) is 24.1 Å². The van der Waals surface area contributed by atoms with E-state index in [2.05, 4.69) is 10.3 Å². The summed E-state index contributed by atoms with van der Waals surface area (Å²) < 4.78 is 27.6. The van der Waals surface area contributed by atoms with E-state index in [-0.39, 0.29) is 31.4 Å². The van der Waals surface area contributed by atoms with Crippen LogP contribution in [0, 0.1) is 6.92 Å². The number of amides is 1. The molecule has 0 fully saturated rings. The number of carbonyl (C=O) groups is 1. The van der Waals surface area contributed by atoms with E-state index in [1.807, 2.05) is 24.3 Å². The number of halogens is 4. The van der Waals surface area contributed by atoms with E-state index in [1.165, 1.54) is 0 Å². The molecule has 3 N–H and O–H groups in total. The quantitative estimate of drug-likeness (QED) is 0.861. The zero-order valence-corrected chi connectivity index (χ0v) is 13.5. The SMILES string of the molecule is Cc1nc2ccccc2n1CC(=O)NCC(F)(F)CN.Cl.Cl. The number of fused-ring (bicyclic) bond motifs is 1. The summed E-state index contributed by atoms with van der Waals surface area (Å²) in [6.45, 7) is 0.170. The summed E-state index contributed by atoms with van der Waals surface area (Å²) in [4.78, 5) is 16.0. The van der Waals surface area contributed by atoms with Crippen molar-refractivity contribution in [3.8, 4) is 0 Å². The summed E-state index contributed by atoms with van der Waals surface area (Å²) in [6.07, 6.45) is 0. The van der Waals surface area contributed by atoms with E-state index in [0.717, 1.165) is 11.0 Å². The van der Waals surface area contributed by atoms with Gasteiger partial charge in [-0.05, 0) is 19.1 Å². The molecule has 0 spiro atoms. The predicted molar refractivity (Wildman–Crippen MR) is 86.0 cm³/mol. The first kappa shape index (κ1) is 20.6. The molecule has 0 saturated carbocycles. The van der Waals surface area contributed by atoms with Crippen LogP contribution in [0.25, 0.3) is 11.0 Å². The molecular weight excluding hydrogens is 337 g/mol. The number of imidazole rings is 1. The minimum atomic E-state index is -3.08. The lowest BCUT2D eigenvalue weighted by Gasteiger charge is -2.15. The van der Waals surface area contributed by atoms with E-state index in [4.69, 9.17) is 5.73 Å². The molecule has 0 aliphatic heterocycles. The van der Waals surface area contributed by atoms with Crippen LogP contribution in [0.2, 0.25) is 0 Å². The largest absolute Gasteiger partial charge is 0.348 e. The van der Waals surface area contributed by atoms with Crippen molar-refractivity contribution in [1.29, 1.82) is 0 Å². The molecule has 124 valence electrons. The second kappa shape index (κ2) is 8.26. The lowest BCUT2D eigenvalue weighted by molar-refractivity contribution is -0.123. The molecule has 0 aliphatic rings. The Bertz CT molecular complexity index is 634. The number of nitrogens with two attached hydrogens (primary N) is 1. The average Bonchev–Trinajstić information content (AvgIpc) is 2.73. The number of para-hydroxylation sites is 2. The van der Waals surface area contributed by atoms with Crippen molar-refractivity contribution in [3.05, 3.63) is 30.1 Å². The Morgan fingerprint density at radius 3 is 2.64 bits per heavy atom. The maximum absolute atomic E-state index is 13.0. The highest BCUT2D eigenvalue weighted by molar-refractivity contribution is 5.85. The van der Waals surface area contributed by atoms with Gasteiger partial charge in [-0.15, -0.1) is 24.8 Å². The normalized spacial score (nSPS) is 10.7. The van der Waals surface area contributed by atoms with Crippen LogP contribution in [0.4, 0.5) is 8.78 Å². The molecule has 1 heterocycles. The number of rotatable bonds is 5. The Morgan fingerprint density at radius 2 is 2.00 bits per heavy atom. The molecule has 0 radical (unpaired) electrons. The van der Waals surface area contributed by atoms with Crippen LogP contribution >= 0.6 is 24.8 Å². The highest BCUT2D eigenvalue weighted by Gasteiger charge is 2.27. The van der Waals surface area contributed by atoms with Crippen LogP contribution in [0.1, 0.15) is 5.82 Å². The number of benzene rings is 1. The Morgan fingerprint density at radius 1 is 1.36 bits per heavy atom. The van der Waals surface area contributed by atoms with Gasteiger partial charge in [0.15, 0.2) is 0 Å². The maximum atomic E-state index is 13.0. The predicted octanol–water partition coefficient (Wildman–Crippen LogP) is 1.90. The number of aryl methyl sites for hydroxylation is 1. The van der Waals surface area contributed by atoms with Gasteiger partial charge in [0.1, 0.15) is 12.4 Å². The van der Waals surface area contributed by atoms with Crippen molar-refractivity contribution in [2.45, 2.75) is 19.4 Å². The first-order valence-corrected chi connectivity index (χ1v) is 6.19. The van der Waals surface area contributed by atoms with Gasteiger partial charge in [0, 0.05) is 0 Å². The van der Waals surface area contributed by atoms with Crippen LogP contribution in [-0.4, -0.2) is 34.5 Å². The van der Waals surface area contributed by atoms with Gasteiger partial charge >= 0.3 is 0 Å². The number of hydrogen-bond donors (Lipinski definition) is 2. The highest BCUT2D eigenvalue weighted by atomic mass is 35.5. The smallest absolute Gasteiger partial charge is 0.277 e. The van der Waals surface area contributed by atoms with E-state index in [1.54, 1.807) is 11.5 Å². The van der Waals surface area contributed by atoms with Crippen molar-refractivity contribution >= 4 is 41.8 Å². The van der Waals surface area contributed by atoms with Gasteiger partial charge in [0.2, 0.25) is 5.91 Å². The van der Waals surface area contributed by atoms with Gasteiger partial charge in [-0.2, -0.15) is 0 Å². The zero-order valence-electron chi connectivity index (χ0n) is 11.9. The van der Waals surface area contributed by atoms with E-state index in [9.17, 15) is 13.6 Å². The summed E-state index contributed by atoms with van der Waals surface area (Å²) >= 11 is 0. The molecule has 9 heteroatoms. The lowest BCUT2D eigenvalue weighted by atomic mass is 10.3. The standard InChI is InChI=1S/C13H16F2N4O.2ClH/c1-9-18-10-4-2-3-5-11(10)19(9)6-12(20)17-8-13(14,15)7-16;;/h2-5H,6-8,16H2,1H3,(H,17,20);2*1H. The molecule has 1 aromatic heterocycles. The third-order valence-electron chi connectivity index (χ3n) is 2.99. The van der Waals surface area contributed by atoms with Gasteiger partial charge in [-0.25, -0.2) is 13.8 Å². The van der Waals surface area contributed by atoms with Gasteiger partial charge in [-0.1, -0.05) is 12.1 Å². The van der Waals surface area contributed by atoms with Crippen molar-refractivity contribution in [2.75, 3.05) is 13.1 Å². The number of carbonyl (C=O) groups excluding carboxylic acids is 1. The summed E-state index contributed by atoms with van der Waals surface area (Å²) in [5, 5.41) is 2.19. The number of nitrogens with zero attached hydrogens (tertiary/aromatic N) is 2. The summed E-state index contributed by atoms with van der Waals surface area (Å²) in [5.41, 5.74) is 6.48. The molecule has 0 bridgehead atoms. The number of hydrogen-bond acceptors (Lipinski definition) is 3. The fourth-order valence-corrected chi connectivity index (χ4v) is 1.90. The molecule has 0 aliphatic carbocycles. The molecule has 22 heavy (non-hydrogen) atoms. The summed E-state index contributed by atoms with van der Waals surface area (Å²) in [6, 6.07) is 7.35. The van der Waals surface area contributed by atoms with Crippen LogP contribution in [0.15, 0.2) is 24.3 Å². The molecule has 1 amide bonds. The third-order valence-corrected chi connectivity index (χ3v) is 2.99. The molecule has 0 unspecified atom stereocenters. The number of aromatic nitrogens is 2. The second-order valence-electron chi connectivity index (χ2n) is 4.57. The molecule has 5 nitrogen and oxygen atoms in total. The topological polar surface area (TPSA) is 72.9 Å². The first-order valence-electron chi connectivity index (χ1n) is 6.19. The lowest BCUT2D eigenvalue weighted by Crippen LogP contribution is -2.42. The van der Waals surface area contributed by atoms with Crippen molar-refractivity contribution in [3.63, 3.8) is 0 Å². The third kappa shape index (κ3) is 4.79. The Hall–Kier alpha value is -1.44. The van der Waals surface area contributed by atoms with Crippen LogP contribution in [0.3, 0.4) is 0 Å². The minimum Gasteiger partial charge on any atom is -0.348 e. The Kier molecular flexibility index (Phi) is 7.72. The van der Waals surface area contributed by atoms with Crippen LogP contribution in [-0.2, 0) is 11.3 Å². The van der Waals surface area contributed by atoms with E-state index < -0.39 is 24.9 Å². The van der Waals surface area contributed by atoms with Crippen molar-refractivity contribution < 1.29 is 13.6 Å². The molecule has 2 aromatic rings. The Balaban J connectivity index is 0.00000220. The van der Waals surface area contributed by atoms with Gasteiger partial charge in [-0.3, -0.25) is 4.79 Å². The summed E-state index contributed by atoms with van der Waals surface area (Å²) in [5.74, 6) is -2.92. The van der Waals surface area contributed by atoms with Crippen LogP contribution in [0.5, 0.6) is 0 Å². The minimum absolute atomic E-state index is 0. The van der Waals surface area contributed by atoms with Crippen LogP contribution < -0.4 is 11.1 Å². The molecule has 0 saturated heterocycles. The fraction of sp³-hybridized carbons (Fsp3) is 0.385. The van der Waals surface area contributed by atoms with Crippen molar-refractivity contribution in [2.24, 2.45) is 5.73 Å². The molecule has 2 rings (SSSR count). The zero-order chi connectivity index (χ0) is 14.8. The Labute approximate surface area is 139 Å². The van der Waals surface area contributed by atoms with Gasteiger partial charge in [0.25, 0.3) is 5.92 Å². The molecule has 0 atom stereocenters. The monoisotopic (exact) mass is 354 g/mol. The fourth-order valence-electron chi connectivity index (χ4n) is 1.90.